The van der Waals surface area contributed by atoms with Crippen LogP contribution >= 0.6 is 0 Å². The smallest absolute Gasteiger partial charge is 0.162 e. The largest absolute Gasteiger partial charge is 0.285 e. The van der Waals surface area contributed by atoms with E-state index in [9.17, 15) is 8.78 Å². The highest BCUT2D eigenvalue weighted by atomic mass is 19.1. The number of H-pyrrole nitrogens is 1. The molecule has 0 unspecified atom stereocenters. The third-order valence-electron chi connectivity index (χ3n) is 7.45. The summed E-state index contributed by atoms with van der Waals surface area (Å²) in [4.78, 5) is 9.33. The van der Waals surface area contributed by atoms with Gasteiger partial charge in [-0.05, 0) is 54.0 Å². The summed E-state index contributed by atoms with van der Waals surface area (Å²) in [7, 11) is 0. The number of hydrogen-bond acceptors (Lipinski definition) is 5. The molecule has 1 fully saturated rings. The average molecular weight is 430 g/mol. The van der Waals surface area contributed by atoms with Crippen LogP contribution in [0.15, 0.2) is 48.9 Å². The molecule has 2 aliphatic rings. The molecule has 1 aromatic carbocycles. The van der Waals surface area contributed by atoms with Crippen molar-refractivity contribution < 1.29 is 8.78 Å². The lowest BCUT2D eigenvalue weighted by atomic mass is 9.66. The molecule has 3 aromatic heterocycles. The van der Waals surface area contributed by atoms with Crippen LogP contribution in [0.5, 0.6) is 0 Å². The molecule has 1 N–H and O–H groups in total. The number of hydrogen-bond donors (Lipinski definition) is 1. The number of halogens is 2. The summed E-state index contributed by atoms with van der Waals surface area (Å²) in [5.74, 6) is -0.501. The van der Waals surface area contributed by atoms with Crippen LogP contribution in [-0.4, -0.2) is 30.4 Å². The van der Waals surface area contributed by atoms with E-state index in [2.05, 4.69) is 39.2 Å². The number of aromatic nitrogens is 6. The predicted molar refractivity (Wildman–Crippen MR) is 114 cm³/mol. The molecule has 6 rings (SSSR count). The van der Waals surface area contributed by atoms with E-state index >= 15 is 0 Å². The Morgan fingerprint density at radius 3 is 2.66 bits per heavy atom. The quantitative estimate of drug-likeness (QED) is 0.505. The Bertz CT molecular complexity index is 1330. The second-order valence-corrected chi connectivity index (χ2v) is 9.10. The minimum Gasteiger partial charge on any atom is -0.285 e. The third kappa shape index (κ3) is 2.35. The van der Waals surface area contributed by atoms with Gasteiger partial charge in [-0.1, -0.05) is 19.9 Å². The minimum atomic E-state index is -0.642. The number of fused-ring (bicyclic) bond motifs is 5. The van der Waals surface area contributed by atoms with E-state index in [0.717, 1.165) is 35.4 Å². The number of nitrogens with one attached hydrogen (secondary N) is 1. The van der Waals surface area contributed by atoms with Crippen molar-refractivity contribution in [2.75, 3.05) is 0 Å². The van der Waals surface area contributed by atoms with Gasteiger partial charge in [0.15, 0.2) is 5.82 Å². The lowest BCUT2D eigenvalue weighted by Crippen LogP contribution is -2.38. The van der Waals surface area contributed by atoms with Gasteiger partial charge in [-0.3, -0.25) is 5.10 Å². The van der Waals surface area contributed by atoms with Crippen molar-refractivity contribution in [1.82, 2.24) is 30.4 Å². The lowest BCUT2D eigenvalue weighted by Gasteiger charge is -2.37. The van der Waals surface area contributed by atoms with Crippen LogP contribution in [-0.2, 0) is 5.41 Å². The van der Waals surface area contributed by atoms with Crippen molar-refractivity contribution in [3.05, 3.63) is 77.5 Å². The molecule has 2 aliphatic carbocycles. The molecule has 1 saturated carbocycles. The van der Waals surface area contributed by atoms with Crippen LogP contribution < -0.4 is 0 Å². The topological polar surface area (TPSA) is 80.2 Å². The standard InChI is InChI=1S/C24H20F2N6/c1-23(2)15-6-8-24(23,19-7-9-27-22(30-19)13-11-28-29-12-13)21-14(15)10-18(31-32-21)20-16(25)4-3-5-17(20)26/h3-5,7,9-12,15H,6,8H2,1-2H3,(H,28,29)/t15-,24-/m0/s1. The van der Waals surface area contributed by atoms with Crippen LogP contribution in [0, 0.1) is 17.0 Å². The maximum Gasteiger partial charge on any atom is 0.162 e. The number of aromatic amines is 1. The Balaban J connectivity index is 1.54. The van der Waals surface area contributed by atoms with Crippen molar-refractivity contribution >= 4 is 0 Å². The number of rotatable bonds is 3. The van der Waals surface area contributed by atoms with Gasteiger partial charge in [-0.2, -0.15) is 10.2 Å². The molecule has 0 amide bonds. The third-order valence-corrected chi connectivity index (χ3v) is 7.45. The van der Waals surface area contributed by atoms with Gasteiger partial charge in [0, 0.05) is 12.4 Å². The minimum absolute atomic E-state index is 0.137. The molecular weight excluding hydrogens is 410 g/mol. The lowest BCUT2D eigenvalue weighted by molar-refractivity contribution is 0.243. The van der Waals surface area contributed by atoms with Crippen LogP contribution in [0.1, 0.15) is 49.6 Å². The molecule has 4 aromatic rings. The molecule has 32 heavy (non-hydrogen) atoms. The molecule has 8 heteroatoms. The van der Waals surface area contributed by atoms with Gasteiger partial charge >= 0.3 is 0 Å². The first kappa shape index (κ1) is 19.2. The van der Waals surface area contributed by atoms with Crippen molar-refractivity contribution in [1.29, 1.82) is 0 Å². The Morgan fingerprint density at radius 1 is 1.09 bits per heavy atom. The SMILES string of the molecule is CC1(C)[C@H]2CC[C@]1(c1ccnc(-c3cn[nH]c3)n1)c1nnc(-c3c(F)cccc3F)cc12. The van der Waals surface area contributed by atoms with Gasteiger partial charge in [0.25, 0.3) is 0 Å². The maximum atomic E-state index is 14.4. The van der Waals surface area contributed by atoms with Gasteiger partial charge in [0.05, 0.1) is 39.8 Å². The van der Waals surface area contributed by atoms with Gasteiger partial charge in [0.1, 0.15) is 11.6 Å². The zero-order valence-electron chi connectivity index (χ0n) is 17.6. The molecule has 2 atom stereocenters. The Labute approximate surface area is 183 Å². The summed E-state index contributed by atoms with van der Waals surface area (Å²) in [5.41, 5.74) is 2.97. The normalized spacial score (nSPS) is 22.8. The maximum absolute atomic E-state index is 14.4. The zero-order chi connectivity index (χ0) is 22.1. The average Bonchev–Trinajstić information content (AvgIpc) is 3.45. The summed E-state index contributed by atoms with van der Waals surface area (Å²) < 4.78 is 28.8. The van der Waals surface area contributed by atoms with Crippen molar-refractivity contribution in [2.45, 2.75) is 38.0 Å². The first-order valence-corrected chi connectivity index (χ1v) is 10.6. The van der Waals surface area contributed by atoms with Crippen LogP contribution in [0.3, 0.4) is 0 Å². The highest BCUT2D eigenvalue weighted by molar-refractivity contribution is 5.64. The first-order chi connectivity index (χ1) is 15.4. The molecule has 0 saturated heterocycles. The fourth-order valence-corrected chi connectivity index (χ4v) is 5.87. The molecular formula is C24H20F2N6. The van der Waals surface area contributed by atoms with E-state index in [4.69, 9.17) is 4.98 Å². The first-order valence-electron chi connectivity index (χ1n) is 10.6. The van der Waals surface area contributed by atoms with Crippen LogP contribution in [0.4, 0.5) is 8.78 Å². The Kier molecular flexibility index (Phi) is 3.88. The zero-order valence-corrected chi connectivity index (χ0v) is 17.6. The van der Waals surface area contributed by atoms with E-state index < -0.39 is 17.0 Å². The predicted octanol–water partition coefficient (Wildman–Crippen LogP) is 4.81. The molecule has 160 valence electrons. The molecule has 6 nitrogen and oxygen atoms in total. The second kappa shape index (κ2) is 6.48. The Morgan fingerprint density at radius 2 is 1.91 bits per heavy atom. The van der Waals surface area contributed by atoms with E-state index in [1.165, 1.54) is 18.2 Å². The summed E-state index contributed by atoms with van der Waals surface area (Å²) in [6.07, 6.45) is 7.03. The molecule has 2 bridgehead atoms. The fraction of sp³-hybridized carbons (Fsp3) is 0.292. The number of nitrogens with zero attached hydrogens (tertiary/aromatic N) is 5. The summed E-state index contributed by atoms with van der Waals surface area (Å²) in [6, 6.07) is 7.58. The highest BCUT2D eigenvalue weighted by Crippen LogP contribution is 2.69. The summed E-state index contributed by atoms with van der Waals surface area (Å²) in [5, 5.41) is 15.7. The van der Waals surface area contributed by atoms with Crippen molar-refractivity contribution in [3.63, 3.8) is 0 Å². The van der Waals surface area contributed by atoms with Crippen molar-refractivity contribution in [2.24, 2.45) is 5.41 Å². The van der Waals surface area contributed by atoms with Crippen molar-refractivity contribution in [3.8, 4) is 22.6 Å². The van der Waals surface area contributed by atoms with Gasteiger partial charge in [0.2, 0.25) is 0 Å². The fourth-order valence-electron chi connectivity index (χ4n) is 5.87. The second-order valence-electron chi connectivity index (χ2n) is 9.10. The molecule has 0 spiro atoms. The monoisotopic (exact) mass is 430 g/mol. The van der Waals surface area contributed by atoms with Gasteiger partial charge < -0.3 is 0 Å². The van der Waals surface area contributed by atoms with E-state index in [1.807, 2.05) is 12.1 Å². The summed E-state index contributed by atoms with van der Waals surface area (Å²) >= 11 is 0. The van der Waals surface area contributed by atoms with Crippen LogP contribution in [0.25, 0.3) is 22.6 Å². The number of benzene rings is 1. The van der Waals surface area contributed by atoms with Crippen LogP contribution in [0.2, 0.25) is 0 Å². The molecule has 0 aliphatic heterocycles. The van der Waals surface area contributed by atoms with E-state index in [1.54, 1.807) is 18.6 Å². The molecule has 3 heterocycles. The van der Waals surface area contributed by atoms with Gasteiger partial charge in [-0.15, -0.1) is 5.10 Å². The Hall–Kier alpha value is -3.55. The van der Waals surface area contributed by atoms with E-state index in [0.29, 0.717) is 5.82 Å². The summed E-state index contributed by atoms with van der Waals surface area (Å²) in [6.45, 7) is 4.44. The highest BCUT2D eigenvalue weighted by Gasteiger charge is 2.65. The molecule has 0 radical (unpaired) electrons. The van der Waals surface area contributed by atoms with Gasteiger partial charge in [-0.25, -0.2) is 18.7 Å². The van der Waals surface area contributed by atoms with E-state index in [-0.39, 0.29) is 22.6 Å².